The molecule has 7 rings (SSSR count). The molecule has 1 N–H and O–H groups in total. The third-order valence-electron chi connectivity index (χ3n) is 7.12. The van der Waals surface area contributed by atoms with Crippen LogP contribution in [-0.2, 0) is 6.18 Å². The van der Waals surface area contributed by atoms with E-state index in [0.717, 1.165) is 34.6 Å². The number of amidine groups is 2. The van der Waals surface area contributed by atoms with Crippen molar-refractivity contribution in [3.8, 4) is 5.82 Å². The van der Waals surface area contributed by atoms with Crippen LogP contribution in [0.2, 0.25) is 5.02 Å². The second-order valence-corrected chi connectivity index (χ2v) is 10.3. The summed E-state index contributed by atoms with van der Waals surface area (Å²) in [7, 11) is 0. The van der Waals surface area contributed by atoms with Gasteiger partial charge < -0.3 is 10.2 Å². The Morgan fingerprint density at radius 3 is 2.48 bits per heavy atom. The number of nitrogens with one attached hydrogen (secondary N) is 1. The van der Waals surface area contributed by atoms with E-state index in [-0.39, 0.29) is 11.5 Å². The van der Waals surface area contributed by atoms with Crippen molar-refractivity contribution in [1.82, 2.24) is 14.8 Å². The Hall–Kier alpha value is -4.96. The zero-order chi connectivity index (χ0) is 29.0. The summed E-state index contributed by atoms with van der Waals surface area (Å²) in [4.78, 5) is 16.4. The second kappa shape index (κ2) is 9.85. The number of rotatable bonds is 3. The van der Waals surface area contributed by atoms with E-state index >= 15 is 0 Å². The van der Waals surface area contributed by atoms with Gasteiger partial charge in [0.15, 0.2) is 23.3 Å². The van der Waals surface area contributed by atoms with Crippen LogP contribution in [0.1, 0.15) is 28.4 Å². The molecule has 4 heterocycles. The molecule has 11 heteroatoms. The molecule has 0 saturated heterocycles. The van der Waals surface area contributed by atoms with E-state index in [1.807, 2.05) is 72.5 Å². The maximum Gasteiger partial charge on any atom is 0.416 e. The molecule has 2 aliphatic heterocycles. The summed E-state index contributed by atoms with van der Waals surface area (Å²) in [6.07, 6.45) is -2.82. The van der Waals surface area contributed by atoms with E-state index in [1.165, 1.54) is 6.07 Å². The Morgan fingerprint density at radius 2 is 1.69 bits per heavy atom. The average Bonchev–Trinajstić information content (AvgIpc) is 3.32. The fraction of sp³-hybridized carbons (Fsp3) is 0.0968. The predicted octanol–water partition coefficient (Wildman–Crippen LogP) is 8.04. The van der Waals surface area contributed by atoms with Crippen LogP contribution in [0.3, 0.4) is 0 Å². The van der Waals surface area contributed by atoms with E-state index in [1.54, 1.807) is 23.0 Å². The van der Waals surface area contributed by atoms with Gasteiger partial charge in [-0.1, -0.05) is 48.0 Å². The van der Waals surface area contributed by atoms with Gasteiger partial charge in [-0.2, -0.15) is 23.0 Å². The molecular weight excluding hydrogens is 563 g/mol. The molecule has 7 nitrogen and oxygen atoms in total. The highest BCUT2D eigenvalue weighted by molar-refractivity contribution is 6.51. The van der Waals surface area contributed by atoms with Gasteiger partial charge in [-0.05, 0) is 67.1 Å². The topological polar surface area (TPSA) is 70.7 Å². The summed E-state index contributed by atoms with van der Waals surface area (Å²) >= 11 is 6.49. The molecule has 0 amide bonds. The van der Waals surface area contributed by atoms with E-state index in [0.29, 0.717) is 28.2 Å². The Kier molecular flexibility index (Phi) is 6.09. The smallest absolute Gasteiger partial charge is 0.337 e. The van der Waals surface area contributed by atoms with Crippen molar-refractivity contribution in [2.75, 3.05) is 10.2 Å². The number of benzene rings is 3. The Labute approximate surface area is 243 Å². The summed E-state index contributed by atoms with van der Waals surface area (Å²) in [6.45, 7) is 1.92. The second-order valence-electron chi connectivity index (χ2n) is 9.84. The van der Waals surface area contributed by atoms with Crippen LogP contribution in [0.5, 0.6) is 0 Å². The molecule has 5 aromatic rings. The van der Waals surface area contributed by atoms with Crippen molar-refractivity contribution in [2.24, 2.45) is 9.98 Å². The van der Waals surface area contributed by atoms with Crippen molar-refractivity contribution < 1.29 is 13.2 Å². The number of nitrogens with zero attached hydrogens (tertiary/aromatic N) is 6. The zero-order valence-corrected chi connectivity index (χ0v) is 22.8. The normalized spacial score (nSPS) is 15.7. The number of para-hydroxylation sites is 2. The number of anilines is 2. The summed E-state index contributed by atoms with van der Waals surface area (Å²) in [6, 6.07) is 25.2. The van der Waals surface area contributed by atoms with Crippen molar-refractivity contribution in [2.45, 2.75) is 19.1 Å². The lowest BCUT2D eigenvalue weighted by Gasteiger charge is -2.40. The van der Waals surface area contributed by atoms with Crippen LogP contribution in [0.15, 0.2) is 107 Å². The molecule has 2 aromatic heterocycles. The predicted molar refractivity (Wildman–Crippen MR) is 158 cm³/mol. The zero-order valence-electron chi connectivity index (χ0n) is 22.0. The Bertz CT molecular complexity index is 1900. The maximum atomic E-state index is 13.5. The molecule has 0 saturated carbocycles. The van der Waals surface area contributed by atoms with Gasteiger partial charge in [0.2, 0.25) is 0 Å². The minimum Gasteiger partial charge on any atom is -0.337 e. The molecule has 42 heavy (non-hydrogen) atoms. The van der Waals surface area contributed by atoms with Crippen LogP contribution in [0, 0.1) is 6.92 Å². The van der Waals surface area contributed by atoms with Gasteiger partial charge in [-0.15, -0.1) is 0 Å². The SMILES string of the molecule is Cc1nn(-c2ccccn2)c2c1[C@@H](c1cccc(Cl)c1)N1C(=N2)C(Nc2cccc(C(F)(F)F)c2)=Nc2ccccc21. The van der Waals surface area contributed by atoms with Gasteiger partial charge >= 0.3 is 6.18 Å². The lowest BCUT2D eigenvalue weighted by Crippen LogP contribution is -2.46. The van der Waals surface area contributed by atoms with E-state index in [2.05, 4.69) is 10.3 Å². The third-order valence-corrected chi connectivity index (χ3v) is 7.36. The number of aromatic nitrogens is 3. The van der Waals surface area contributed by atoms with E-state index in [4.69, 9.17) is 26.7 Å². The van der Waals surface area contributed by atoms with E-state index < -0.39 is 17.8 Å². The molecule has 3 aromatic carbocycles. The number of pyridine rings is 1. The largest absolute Gasteiger partial charge is 0.416 e. The molecule has 0 spiro atoms. The van der Waals surface area contributed by atoms with Gasteiger partial charge in [0, 0.05) is 22.5 Å². The highest BCUT2D eigenvalue weighted by Gasteiger charge is 2.41. The lowest BCUT2D eigenvalue weighted by molar-refractivity contribution is -0.137. The maximum absolute atomic E-state index is 13.5. The van der Waals surface area contributed by atoms with Crippen molar-refractivity contribution >= 4 is 46.2 Å². The van der Waals surface area contributed by atoms with Gasteiger partial charge in [-0.3, -0.25) is 0 Å². The molecule has 208 valence electrons. The summed E-state index contributed by atoms with van der Waals surface area (Å²) < 4.78 is 42.3. The minimum absolute atomic E-state index is 0.227. The van der Waals surface area contributed by atoms with Crippen LogP contribution in [-0.4, -0.2) is 26.4 Å². The first kappa shape index (κ1) is 26.0. The van der Waals surface area contributed by atoms with Crippen molar-refractivity contribution in [3.63, 3.8) is 0 Å². The van der Waals surface area contributed by atoms with Gasteiger partial charge in [0.1, 0.15) is 0 Å². The average molecular weight is 584 g/mol. The number of aryl methyl sites for hydroxylation is 1. The van der Waals surface area contributed by atoms with Crippen LogP contribution in [0.4, 0.5) is 36.1 Å². The Balaban J connectivity index is 1.47. The first-order chi connectivity index (χ1) is 20.3. The molecular formula is C31H21ClF3N7. The number of hydrogen-bond acceptors (Lipinski definition) is 6. The highest BCUT2D eigenvalue weighted by atomic mass is 35.5. The molecule has 0 radical (unpaired) electrons. The Morgan fingerprint density at radius 1 is 0.881 bits per heavy atom. The molecule has 2 aliphatic rings. The first-order valence-electron chi connectivity index (χ1n) is 13.0. The number of hydrogen-bond donors (Lipinski definition) is 1. The monoisotopic (exact) mass is 583 g/mol. The molecule has 0 fully saturated rings. The third kappa shape index (κ3) is 4.40. The lowest BCUT2D eigenvalue weighted by atomic mass is 9.93. The van der Waals surface area contributed by atoms with E-state index in [9.17, 15) is 13.2 Å². The molecule has 0 unspecified atom stereocenters. The summed E-state index contributed by atoms with van der Waals surface area (Å²) in [5.41, 5.74) is 3.36. The minimum atomic E-state index is -4.49. The summed E-state index contributed by atoms with van der Waals surface area (Å²) in [5, 5.41) is 8.51. The summed E-state index contributed by atoms with van der Waals surface area (Å²) in [5.74, 6) is 1.82. The standard InChI is InChI=1S/C31H21ClF3N7/c1-18-26-27(19-8-6-10-21(32)16-19)41-24-13-3-2-12-23(24)38-28(37-22-11-7-9-20(17-22)31(33,34)35)30(41)39-29(26)42(40-18)25-14-4-5-15-36-25/h2-17,27H,1H3,(H,37,38)/t27-/m1/s1. The highest BCUT2D eigenvalue weighted by Crippen LogP contribution is 2.48. The fourth-order valence-corrected chi connectivity index (χ4v) is 5.54. The van der Waals surface area contributed by atoms with Crippen LogP contribution < -0.4 is 10.2 Å². The van der Waals surface area contributed by atoms with Crippen LogP contribution in [0.25, 0.3) is 5.82 Å². The number of alkyl halides is 3. The van der Waals surface area contributed by atoms with Crippen molar-refractivity contribution in [3.05, 3.63) is 125 Å². The van der Waals surface area contributed by atoms with Crippen molar-refractivity contribution in [1.29, 1.82) is 0 Å². The molecule has 0 aliphatic carbocycles. The number of aliphatic imine (C=N–C) groups is 2. The van der Waals surface area contributed by atoms with Gasteiger partial charge in [0.25, 0.3) is 0 Å². The van der Waals surface area contributed by atoms with Crippen LogP contribution >= 0.6 is 11.6 Å². The van der Waals surface area contributed by atoms with Gasteiger partial charge in [0.05, 0.1) is 28.7 Å². The number of halogens is 4. The molecule has 1 atom stereocenters. The van der Waals surface area contributed by atoms with Gasteiger partial charge in [-0.25, -0.2) is 15.0 Å². The first-order valence-corrected chi connectivity index (χ1v) is 13.4. The number of fused-ring (bicyclic) bond motifs is 4. The molecule has 0 bridgehead atoms. The fourth-order valence-electron chi connectivity index (χ4n) is 5.34. The quantitative estimate of drug-likeness (QED) is 0.233.